The van der Waals surface area contributed by atoms with Crippen molar-refractivity contribution in [2.24, 2.45) is 0 Å². The molecule has 138 valence electrons. The lowest BCUT2D eigenvalue weighted by atomic mass is 9.95. The van der Waals surface area contributed by atoms with Crippen LogP contribution in [-0.4, -0.2) is 39.3 Å². The molecule has 1 aliphatic heterocycles. The summed E-state index contributed by atoms with van der Waals surface area (Å²) >= 11 is 0. The maximum atomic E-state index is 12.8. The summed E-state index contributed by atoms with van der Waals surface area (Å²) in [7, 11) is 5.90. The first kappa shape index (κ1) is 17.7. The molecule has 1 atom stereocenters. The number of hydrogen-bond acceptors (Lipinski definition) is 7. The molecule has 0 radical (unpaired) electrons. The highest BCUT2D eigenvalue weighted by atomic mass is 16.5. The zero-order valence-corrected chi connectivity index (χ0v) is 15.0. The Kier molecular flexibility index (Phi) is 4.79. The minimum Gasteiger partial charge on any atom is -0.504 e. The van der Waals surface area contributed by atoms with Gasteiger partial charge in [0.1, 0.15) is 17.4 Å². The van der Waals surface area contributed by atoms with E-state index in [1.807, 2.05) is 0 Å². The number of benzene rings is 2. The van der Waals surface area contributed by atoms with Crippen LogP contribution in [0.2, 0.25) is 0 Å². The second kappa shape index (κ2) is 7.03. The lowest BCUT2D eigenvalue weighted by molar-refractivity contribution is 0.0842. The molecular weight excluding hydrogens is 340 g/mol. The van der Waals surface area contributed by atoms with Crippen molar-refractivity contribution in [3.05, 3.63) is 35.4 Å². The SMILES string of the molecule is COc1cc([C@H]2CC(=O)c3c(cc(OC)c(OC)c3OC)O2)ccc1O. The van der Waals surface area contributed by atoms with Crippen LogP contribution in [0.5, 0.6) is 34.5 Å². The van der Waals surface area contributed by atoms with Crippen LogP contribution in [0.1, 0.15) is 28.4 Å². The largest absolute Gasteiger partial charge is 0.504 e. The number of aromatic hydroxyl groups is 1. The van der Waals surface area contributed by atoms with Gasteiger partial charge in [0.25, 0.3) is 0 Å². The third-order valence-corrected chi connectivity index (χ3v) is 4.29. The van der Waals surface area contributed by atoms with Gasteiger partial charge in [-0.25, -0.2) is 0 Å². The van der Waals surface area contributed by atoms with Gasteiger partial charge in [-0.15, -0.1) is 0 Å². The van der Waals surface area contributed by atoms with Crippen LogP contribution in [0.4, 0.5) is 0 Å². The van der Waals surface area contributed by atoms with Gasteiger partial charge in [-0.3, -0.25) is 4.79 Å². The number of hydrogen-bond donors (Lipinski definition) is 1. The molecule has 7 nitrogen and oxygen atoms in total. The molecule has 0 amide bonds. The van der Waals surface area contributed by atoms with Crippen LogP contribution >= 0.6 is 0 Å². The molecule has 0 aliphatic carbocycles. The van der Waals surface area contributed by atoms with Crippen molar-refractivity contribution in [2.45, 2.75) is 12.5 Å². The van der Waals surface area contributed by atoms with Crippen molar-refractivity contribution in [1.82, 2.24) is 0 Å². The molecule has 2 aromatic carbocycles. The predicted octanol–water partition coefficient (Wildman–Crippen LogP) is 3.13. The Balaban J connectivity index is 2.07. The van der Waals surface area contributed by atoms with E-state index in [9.17, 15) is 9.90 Å². The Morgan fingerprint density at radius 1 is 0.962 bits per heavy atom. The maximum absolute atomic E-state index is 12.8. The van der Waals surface area contributed by atoms with Gasteiger partial charge < -0.3 is 28.8 Å². The van der Waals surface area contributed by atoms with Crippen LogP contribution in [0, 0.1) is 0 Å². The van der Waals surface area contributed by atoms with E-state index in [4.69, 9.17) is 23.7 Å². The van der Waals surface area contributed by atoms with Gasteiger partial charge in [0, 0.05) is 6.07 Å². The predicted molar refractivity (Wildman–Crippen MR) is 93.1 cm³/mol. The van der Waals surface area contributed by atoms with E-state index in [2.05, 4.69) is 0 Å². The fourth-order valence-electron chi connectivity index (χ4n) is 3.04. The summed E-state index contributed by atoms with van der Waals surface area (Å²) in [5, 5.41) is 9.76. The highest BCUT2D eigenvalue weighted by molar-refractivity contribution is 6.04. The Hall–Kier alpha value is -3.09. The Morgan fingerprint density at radius 3 is 2.27 bits per heavy atom. The maximum Gasteiger partial charge on any atom is 0.204 e. The first-order valence-corrected chi connectivity index (χ1v) is 7.93. The molecule has 3 rings (SSSR count). The number of Topliss-reactive ketones (excluding diaryl/α,β-unsaturated/α-hetero) is 1. The first-order chi connectivity index (χ1) is 12.5. The first-order valence-electron chi connectivity index (χ1n) is 7.93. The van der Waals surface area contributed by atoms with Gasteiger partial charge in [-0.1, -0.05) is 6.07 Å². The summed E-state index contributed by atoms with van der Waals surface area (Å²) in [6.07, 6.45) is -0.403. The van der Waals surface area contributed by atoms with Gasteiger partial charge >= 0.3 is 0 Å². The Bertz CT molecular complexity index is 844. The molecule has 2 aromatic rings. The van der Waals surface area contributed by atoms with Crippen LogP contribution < -0.4 is 23.7 Å². The molecule has 0 spiro atoms. The summed E-state index contributed by atoms with van der Waals surface area (Å²) in [6, 6.07) is 6.46. The van der Waals surface area contributed by atoms with E-state index in [0.29, 0.717) is 34.1 Å². The van der Waals surface area contributed by atoms with Crippen LogP contribution in [0.25, 0.3) is 0 Å². The number of carbonyl (C=O) groups is 1. The third-order valence-electron chi connectivity index (χ3n) is 4.29. The number of carbonyl (C=O) groups excluding carboxylic acids is 1. The minimum absolute atomic E-state index is 0.0202. The number of methoxy groups -OCH3 is 4. The standard InChI is InChI=1S/C19H20O7/c1-22-14-7-10(5-6-11(14)20)13-8-12(21)17-15(26-13)9-16(23-2)18(24-3)19(17)25-4/h5-7,9,13,20H,8H2,1-4H3/t13-/m1/s1. The number of rotatable bonds is 5. The number of ketones is 1. The summed E-state index contributed by atoms with van der Waals surface area (Å²) in [5.41, 5.74) is 1.04. The van der Waals surface area contributed by atoms with Crippen molar-refractivity contribution in [2.75, 3.05) is 28.4 Å². The van der Waals surface area contributed by atoms with Crippen LogP contribution in [0.3, 0.4) is 0 Å². The molecule has 1 heterocycles. The molecule has 0 bridgehead atoms. The zero-order valence-electron chi connectivity index (χ0n) is 15.0. The van der Waals surface area contributed by atoms with Gasteiger partial charge in [0.2, 0.25) is 5.75 Å². The molecular formula is C19H20O7. The zero-order chi connectivity index (χ0) is 18.8. The number of fused-ring (bicyclic) bond motifs is 1. The third kappa shape index (κ3) is 2.85. The summed E-state index contributed by atoms with van der Waals surface area (Å²) in [6.45, 7) is 0. The van der Waals surface area contributed by atoms with E-state index < -0.39 is 6.10 Å². The quantitative estimate of drug-likeness (QED) is 0.877. The van der Waals surface area contributed by atoms with Gasteiger partial charge in [-0.2, -0.15) is 0 Å². The molecule has 0 fully saturated rings. The molecule has 7 heteroatoms. The van der Waals surface area contributed by atoms with Crippen molar-refractivity contribution in [1.29, 1.82) is 0 Å². The highest BCUT2D eigenvalue weighted by Crippen LogP contribution is 2.49. The fourth-order valence-corrected chi connectivity index (χ4v) is 3.04. The Morgan fingerprint density at radius 2 is 1.65 bits per heavy atom. The van der Waals surface area contributed by atoms with Gasteiger partial charge in [0.05, 0.1) is 34.9 Å². The molecule has 1 aliphatic rings. The number of phenols is 1. The van der Waals surface area contributed by atoms with Gasteiger partial charge in [0.15, 0.2) is 28.8 Å². The number of phenolic OH excluding ortho intramolecular Hbond substituents is 1. The van der Waals surface area contributed by atoms with E-state index in [-0.39, 0.29) is 23.7 Å². The fraction of sp³-hybridized carbons (Fsp3) is 0.316. The van der Waals surface area contributed by atoms with E-state index >= 15 is 0 Å². The monoisotopic (exact) mass is 360 g/mol. The second-order valence-electron chi connectivity index (χ2n) is 5.68. The van der Waals surface area contributed by atoms with Crippen molar-refractivity contribution in [3.63, 3.8) is 0 Å². The second-order valence-corrected chi connectivity index (χ2v) is 5.68. The summed E-state index contributed by atoms with van der Waals surface area (Å²) in [5.74, 6) is 1.58. The minimum atomic E-state index is -0.521. The average molecular weight is 360 g/mol. The van der Waals surface area contributed by atoms with Crippen LogP contribution in [-0.2, 0) is 0 Å². The van der Waals surface area contributed by atoms with Crippen molar-refractivity contribution < 1.29 is 33.6 Å². The van der Waals surface area contributed by atoms with Crippen LogP contribution in [0.15, 0.2) is 24.3 Å². The summed E-state index contributed by atoms with van der Waals surface area (Å²) < 4.78 is 27.2. The molecule has 0 unspecified atom stereocenters. The van der Waals surface area contributed by atoms with E-state index in [0.717, 1.165) is 0 Å². The lowest BCUT2D eigenvalue weighted by Crippen LogP contribution is -2.21. The lowest BCUT2D eigenvalue weighted by Gasteiger charge is -2.28. The van der Waals surface area contributed by atoms with Crippen molar-refractivity contribution >= 4 is 5.78 Å². The van der Waals surface area contributed by atoms with E-state index in [1.165, 1.54) is 34.5 Å². The molecule has 0 aromatic heterocycles. The van der Waals surface area contributed by atoms with Crippen molar-refractivity contribution in [3.8, 4) is 34.5 Å². The normalized spacial score (nSPS) is 15.7. The molecule has 1 N–H and O–H groups in total. The topological polar surface area (TPSA) is 83.5 Å². The Labute approximate surface area is 151 Å². The smallest absolute Gasteiger partial charge is 0.204 e. The van der Waals surface area contributed by atoms with Gasteiger partial charge in [-0.05, 0) is 17.7 Å². The molecule has 0 saturated heterocycles. The highest BCUT2D eigenvalue weighted by Gasteiger charge is 2.34. The summed E-state index contributed by atoms with van der Waals surface area (Å²) in [4.78, 5) is 12.8. The molecule has 0 saturated carbocycles. The molecule has 26 heavy (non-hydrogen) atoms. The average Bonchev–Trinajstić information content (AvgIpc) is 2.66. The van der Waals surface area contributed by atoms with E-state index in [1.54, 1.807) is 18.2 Å². The number of ether oxygens (including phenoxy) is 5.